The summed E-state index contributed by atoms with van der Waals surface area (Å²) in [5.41, 5.74) is 0.667. The number of aliphatic carboxylic acids is 1. The molecule has 0 aliphatic rings. The van der Waals surface area contributed by atoms with Gasteiger partial charge >= 0.3 is 5.97 Å². The van der Waals surface area contributed by atoms with Crippen molar-refractivity contribution in [3.63, 3.8) is 0 Å². The summed E-state index contributed by atoms with van der Waals surface area (Å²) in [6.07, 6.45) is 3.65. The molecule has 0 spiro atoms. The largest absolute Gasteiger partial charge is 0.478 e. The lowest BCUT2D eigenvalue weighted by Crippen LogP contribution is -1.85. The van der Waals surface area contributed by atoms with Gasteiger partial charge in [-0.05, 0) is 13.0 Å². The smallest absolute Gasteiger partial charge is 0.328 e. The number of aryl methyl sites for hydroxylation is 1. The molecule has 0 saturated carbocycles. The summed E-state index contributed by atoms with van der Waals surface area (Å²) < 4.78 is 10.3. The molecule has 1 N–H and O–H groups in total. The number of carboxylic acids is 1. The Kier molecular flexibility index (Phi) is 2.55. The quantitative estimate of drug-likeness (QED) is 0.792. The van der Waals surface area contributed by atoms with Gasteiger partial charge in [-0.15, -0.1) is 10.2 Å². The van der Waals surface area contributed by atoms with Gasteiger partial charge in [-0.3, -0.25) is 0 Å². The van der Waals surface area contributed by atoms with E-state index >= 15 is 0 Å². The molecule has 0 aromatic carbocycles. The van der Waals surface area contributed by atoms with E-state index in [9.17, 15) is 4.79 Å². The maximum Gasteiger partial charge on any atom is 0.328 e. The molecule has 0 atom stereocenters. The van der Waals surface area contributed by atoms with Crippen molar-refractivity contribution in [1.82, 2.24) is 10.2 Å². The molecule has 0 radical (unpaired) electrons. The van der Waals surface area contributed by atoms with E-state index < -0.39 is 5.97 Å². The monoisotopic (exact) mass is 220 g/mol. The van der Waals surface area contributed by atoms with Crippen molar-refractivity contribution < 1.29 is 18.7 Å². The zero-order chi connectivity index (χ0) is 11.5. The Balaban J connectivity index is 2.23. The number of aromatic nitrogens is 2. The van der Waals surface area contributed by atoms with Crippen molar-refractivity contribution in [1.29, 1.82) is 0 Å². The van der Waals surface area contributed by atoms with Gasteiger partial charge in [0.1, 0.15) is 12.0 Å². The summed E-state index contributed by atoms with van der Waals surface area (Å²) in [7, 11) is 0. The predicted octanol–water partition coefficient (Wildman–Crippen LogP) is 1.74. The molecule has 82 valence electrons. The fourth-order valence-corrected chi connectivity index (χ4v) is 1.12. The number of carbonyl (C=O) groups is 1. The summed E-state index contributed by atoms with van der Waals surface area (Å²) in [5, 5.41) is 15.8. The van der Waals surface area contributed by atoms with E-state index in [0.717, 1.165) is 11.8 Å². The molecule has 6 heteroatoms. The van der Waals surface area contributed by atoms with Crippen LogP contribution in [0.15, 0.2) is 27.2 Å². The van der Waals surface area contributed by atoms with Gasteiger partial charge in [-0.25, -0.2) is 4.79 Å². The Labute approximate surface area is 90.2 Å². The van der Waals surface area contributed by atoms with E-state index in [1.165, 1.54) is 12.3 Å². The van der Waals surface area contributed by atoms with E-state index in [4.69, 9.17) is 13.9 Å². The summed E-state index contributed by atoms with van der Waals surface area (Å²) >= 11 is 0. The van der Waals surface area contributed by atoms with E-state index in [0.29, 0.717) is 11.5 Å². The van der Waals surface area contributed by atoms with Crippen molar-refractivity contribution in [3.8, 4) is 11.5 Å². The molecule has 0 aliphatic heterocycles. The maximum atomic E-state index is 10.3. The zero-order valence-corrected chi connectivity index (χ0v) is 8.38. The first kappa shape index (κ1) is 10.2. The highest BCUT2D eigenvalue weighted by molar-refractivity contribution is 5.84. The van der Waals surface area contributed by atoms with Crippen LogP contribution in [0.1, 0.15) is 11.7 Å². The first-order valence-corrected chi connectivity index (χ1v) is 4.45. The Morgan fingerprint density at radius 1 is 1.50 bits per heavy atom. The van der Waals surface area contributed by atoms with Gasteiger partial charge in [-0.1, -0.05) is 0 Å². The van der Waals surface area contributed by atoms with Crippen LogP contribution in [0.3, 0.4) is 0 Å². The Morgan fingerprint density at radius 3 is 2.94 bits per heavy atom. The third-order valence-electron chi connectivity index (χ3n) is 1.79. The molecule has 16 heavy (non-hydrogen) atoms. The summed E-state index contributed by atoms with van der Waals surface area (Å²) in [6, 6.07) is 1.75. The molecule has 0 bridgehead atoms. The SMILES string of the molecule is Cc1cc(-c2nnc(/C=C/C(=O)O)o2)co1. The molecule has 2 heterocycles. The van der Waals surface area contributed by atoms with Gasteiger partial charge in [-0.2, -0.15) is 0 Å². The fourth-order valence-electron chi connectivity index (χ4n) is 1.12. The van der Waals surface area contributed by atoms with Crippen molar-refractivity contribution in [2.75, 3.05) is 0 Å². The maximum absolute atomic E-state index is 10.3. The third kappa shape index (κ3) is 2.17. The highest BCUT2D eigenvalue weighted by Crippen LogP contribution is 2.20. The molecule has 2 aromatic rings. The van der Waals surface area contributed by atoms with Gasteiger partial charge in [0.25, 0.3) is 5.89 Å². The second kappa shape index (κ2) is 4.01. The minimum absolute atomic E-state index is 0.135. The molecule has 0 fully saturated rings. The van der Waals surface area contributed by atoms with Crippen molar-refractivity contribution in [2.24, 2.45) is 0 Å². The van der Waals surface area contributed by atoms with Crippen LogP contribution in [0, 0.1) is 6.92 Å². The van der Waals surface area contributed by atoms with Gasteiger partial charge in [0.15, 0.2) is 0 Å². The lowest BCUT2D eigenvalue weighted by atomic mass is 10.3. The van der Waals surface area contributed by atoms with E-state index in [1.807, 2.05) is 0 Å². The number of furan rings is 1. The van der Waals surface area contributed by atoms with Gasteiger partial charge in [0.2, 0.25) is 5.89 Å². The van der Waals surface area contributed by atoms with E-state index in [-0.39, 0.29) is 5.89 Å². The average Bonchev–Trinajstić information content (AvgIpc) is 2.83. The summed E-state index contributed by atoms with van der Waals surface area (Å²) in [4.78, 5) is 10.3. The Bertz CT molecular complexity index is 539. The number of hydrogen-bond donors (Lipinski definition) is 1. The minimum atomic E-state index is -1.07. The first-order chi connectivity index (χ1) is 7.65. The van der Waals surface area contributed by atoms with Crippen LogP contribution in [-0.4, -0.2) is 21.3 Å². The number of nitrogens with zero attached hydrogens (tertiary/aromatic N) is 2. The van der Waals surface area contributed by atoms with Crippen molar-refractivity contribution in [3.05, 3.63) is 30.1 Å². The van der Waals surface area contributed by atoms with Gasteiger partial charge in [0.05, 0.1) is 5.56 Å². The highest BCUT2D eigenvalue weighted by Gasteiger charge is 2.09. The van der Waals surface area contributed by atoms with E-state index in [1.54, 1.807) is 13.0 Å². The second-order valence-electron chi connectivity index (χ2n) is 3.06. The molecular weight excluding hydrogens is 212 g/mol. The molecular formula is C10H8N2O4. The summed E-state index contributed by atoms with van der Waals surface area (Å²) in [5.74, 6) is 0.0906. The molecule has 0 aliphatic carbocycles. The normalized spacial score (nSPS) is 11.1. The van der Waals surface area contributed by atoms with Crippen LogP contribution in [0.2, 0.25) is 0 Å². The number of carboxylic acid groups (broad SMARTS) is 1. The molecule has 2 aromatic heterocycles. The predicted molar refractivity (Wildman–Crippen MR) is 53.4 cm³/mol. The van der Waals surface area contributed by atoms with Crippen molar-refractivity contribution in [2.45, 2.75) is 6.92 Å². The van der Waals surface area contributed by atoms with Crippen LogP contribution in [0.25, 0.3) is 17.5 Å². The third-order valence-corrected chi connectivity index (χ3v) is 1.79. The fraction of sp³-hybridized carbons (Fsp3) is 0.100. The van der Waals surface area contributed by atoms with Gasteiger partial charge < -0.3 is 13.9 Å². The van der Waals surface area contributed by atoms with Crippen molar-refractivity contribution >= 4 is 12.0 Å². The molecule has 0 saturated heterocycles. The average molecular weight is 220 g/mol. The lowest BCUT2D eigenvalue weighted by Gasteiger charge is -1.83. The number of hydrogen-bond acceptors (Lipinski definition) is 5. The van der Waals surface area contributed by atoms with Gasteiger partial charge in [0, 0.05) is 12.2 Å². The molecule has 0 unspecified atom stereocenters. The van der Waals surface area contributed by atoms with Crippen LogP contribution in [0.4, 0.5) is 0 Å². The molecule has 6 nitrogen and oxygen atoms in total. The molecule has 2 rings (SSSR count). The van der Waals surface area contributed by atoms with Crippen LogP contribution in [0.5, 0.6) is 0 Å². The van der Waals surface area contributed by atoms with Crippen LogP contribution >= 0.6 is 0 Å². The minimum Gasteiger partial charge on any atom is -0.478 e. The lowest BCUT2D eigenvalue weighted by molar-refractivity contribution is -0.131. The Morgan fingerprint density at radius 2 is 2.31 bits per heavy atom. The standard InChI is InChI=1S/C10H8N2O4/c1-6-4-7(5-15-6)10-12-11-8(16-10)2-3-9(13)14/h2-5H,1H3,(H,13,14)/b3-2+. The zero-order valence-electron chi connectivity index (χ0n) is 8.38. The highest BCUT2D eigenvalue weighted by atomic mass is 16.4. The summed E-state index contributed by atoms with van der Waals surface area (Å²) in [6.45, 7) is 1.80. The Hall–Kier alpha value is -2.37. The van der Waals surface area contributed by atoms with E-state index in [2.05, 4.69) is 10.2 Å². The topological polar surface area (TPSA) is 89.4 Å². The number of rotatable bonds is 3. The van der Waals surface area contributed by atoms with Crippen LogP contribution in [-0.2, 0) is 4.79 Å². The van der Waals surface area contributed by atoms with Crippen LogP contribution < -0.4 is 0 Å². The first-order valence-electron chi connectivity index (χ1n) is 4.45. The second-order valence-corrected chi connectivity index (χ2v) is 3.06. The molecule has 0 amide bonds.